The average Bonchev–Trinajstić information content (AvgIpc) is 3.20. The van der Waals surface area contributed by atoms with Crippen LogP contribution in [-0.4, -0.2) is 41.0 Å². The van der Waals surface area contributed by atoms with Gasteiger partial charge in [-0.3, -0.25) is 14.9 Å². The summed E-state index contributed by atoms with van der Waals surface area (Å²) in [6.07, 6.45) is 0.385. The van der Waals surface area contributed by atoms with Gasteiger partial charge in [-0.2, -0.15) is 0 Å². The van der Waals surface area contributed by atoms with Gasteiger partial charge in [0.25, 0.3) is 10.9 Å². The van der Waals surface area contributed by atoms with Gasteiger partial charge in [0.05, 0.1) is 31.3 Å². The molecule has 31 heavy (non-hydrogen) atoms. The number of carbonyl (C=O) groups excluding carboxylic acids is 1. The van der Waals surface area contributed by atoms with E-state index < -0.39 is 10.8 Å². The Morgan fingerprint density at radius 1 is 1.16 bits per heavy atom. The van der Waals surface area contributed by atoms with E-state index in [-0.39, 0.29) is 22.4 Å². The van der Waals surface area contributed by atoms with Crippen molar-refractivity contribution >= 4 is 29.0 Å². The van der Waals surface area contributed by atoms with Crippen LogP contribution in [0.5, 0.6) is 11.5 Å². The zero-order valence-electron chi connectivity index (χ0n) is 17.1. The molecule has 3 aromatic rings. The van der Waals surface area contributed by atoms with Gasteiger partial charge in [0.2, 0.25) is 11.8 Å². The fraction of sp³-hybridized carbons (Fsp3) is 0.250. The predicted octanol–water partition coefficient (Wildman–Crippen LogP) is 3.63. The number of aryl methyl sites for hydroxylation is 1. The molecule has 0 radical (unpaired) electrons. The molecule has 0 aliphatic heterocycles. The van der Waals surface area contributed by atoms with Crippen LogP contribution in [-0.2, 0) is 11.2 Å². The number of thioether (sulfide) groups is 1. The summed E-state index contributed by atoms with van der Waals surface area (Å²) in [6, 6.07) is 10.1. The maximum atomic E-state index is 12.2. The minimum absolute atomic E-state index is 0.0387. The molecule has 0 saturated carbocycles. The van der Waals surface area contributed by atoms with Crippen molar-refractivity contribution < 1.29 is 23.6 Å². The molecule has 11 heteroatoms. The fourth-order valence-corrected chi connectivity index (χ4v) is 3.33. The van der Waals surface area contributed by atoms with E-state index in [1.807, 2.05) is 12.1 Å². The van der Waals surface area contributed by atoms with E-state index >= 15 is 0 Å². The second-order valence-corrected chi connectivity index (χ2v) is 7.37. The van der Waals surface area contributed by atoms with Gasteiger partial charge in [0.15, 0.2) is 11.5 Å². The zero-order chi connectivity index (χ0) is 22.4. The number of rotatable bonds is 9. The topological polar surface area (TPSA) is 130 Å². The van der Waals surface area contributed by atoms with Crippen molar-refractivity contribution in [2.24, 2.45) is 0 Å². The van der Waals surface area contributed by atoms with E-state index in [0.717, 1.165) is 22.9 Å². The lowest BCUT2D eigenvalue weighted by molar-refractivity contribution is -0.384. The minimum Gasteiger partial charge on any atom is -0.493 e. The molecular formula is C20H20N4O6S. The Balaban J connectivity index is 1.58. The number of nitro benzene ring substituents is 1. The van der Waals surface area contributed by atoms with Gasteiger partial charge in [-0.25, -0.2) is 0 Å². The van der Waals surface area contributed by atoms with Crippen molar-refractivity contribution in [3.8, 4) is 11.5 Å². The largest absolute Gasteiger partial charge is 0.493 e. The molecule has 2 aromatic carbocycles. The van der Waals surface area contributed by atoms with Crippen LogP contribution in [0.4, 0.5) is 11.4 Å². The lowest BCUT2D eigenvalue weighted by Crippen LogP contribution is -2.15. The van der Waals surface area contributed by atoms with Gasteiger partial charge in [0.1, 0.15) is 5.69 Å². The standard InChI is InChI=1S/C20H20N4O6S/c1-12-4-6-14(15(8-12)24(26)27)21-18(25)11-31-20-23-22-19(30-20)10-13-5-7-16(28-2)17(9-13)29-3/h4-9H,10-11H2,1-3H3,(H,21,25). The summed E-state index contributed by atoms with van der Waals surface area (Å²) in [4.78, 5) is 22.8. The van der Waals surface area contributed by atoms with E-state index in [1.165, 1.54) is 12.1 Å². The fourth-order valence-electron chi connectivity index (χ4n) is 2.75. The smallest absolute Gasteiger partial charge is 0.293 e. The summed E-state index contributed by atoms with van der Waals surface area (Å²) >= 11 is 1.04. The van der Waals surface area contributed by atoms with Crippen molar-refractivity contribution in [2.75, 3.05) is 25.3 Å². The summed E-state index contributed by atoms with van der Waals surface area (Å²) < 4.78 is 16.1. The quantitative estimate of drug-likeness (QED) is 0.299. The van der Waals surface area contributed by atoms with Gasteiger partial charge in [-0.15, -0.1) is 10.2 Å². The van der Waals surface area contributed by atoms with Crippen LogP contribution in [0.15, 0.2) is 46.0 Å². The number of nitro groups is 1. The number of anilines is 1. The number of ether oxygens (including phenoxy) is 2. The molecule has 0 atom stereocenters. The number of nitrogens with zero attached hydrogens (tertiary/aromatic N) is 3. The Morgan fingerprint density at radius 2 is 1.94 bits per heavy atom. The molecule has 1 aromatic heterocycles. The molecule has 0 spiro atoms. The van der Waals surface area contributed by atoms with Crippen LogP contribution in [0, 0.1) is 17.0 Å². The number of benzene rings is 2. The average molecular weight is 444 g/mol. The summed E-state index contributed by atoms with van der Waals surface area (Å²) in [6.45, 7) is 1.74. The van der Waals surface area contributed by atoms with Gasteiger partial charge in [-0.05, 0) is 36.2 Å². The minimum atomic E-state index is -0.534. The third-order valence-corrected chi connectivity index (χ3v) is 5.02. The zero-order valence-corrected chi connectivity index (χ0v) is 17.9. The highest BCUT2D eigenvalue weighted by Gasteiger charge is 2.17. The molecular weight excluding hydrogens is 424 g/mol. The lowest BCUT2D eigenvalue weighted by Gasteiger charge is -2.08. The summed E-state index contributed by atoms with van der Waals surface area (Å²) in [7, 11) is 3.12. The van der Waals surface area contributed by atoms with Crippen LogP contribution in [0.2, 0.25) is 0 Å². The monoisotopic (exact) mass is 444 g/mol. The van der Waals surface area contributed by atoms with E-state index in [0.29, 0.717) is 23.8 Å². The molecule has 1 N–H and O–H groups in total. The van der Waals surface area contributed by atoms with Crippen molar-refractivity contribution in [2.45, 2.75) is 18.6 Å². The Labute approximate surface area is 182 Å². The maximum absolute atomic E-state index is 12.2. The molecule has 0 unspecified atom stereocenters. The van der Waals surface area contributed by atoms with E-state index in [1.54, 1.807) is 33.3 Å². The highest BCUT2D eigenvalue weighted by Crippen LogP contribution is 2.29. The first kappa shape index (κ1) is 22.1. The number of methoxy groups -OCH3 is 2. The van der Waals surface area contributed by atoms with Crippen LogP contribution >= 0.6 is 11.8 Å². The summed E-state index contributed by atoms with van der Waals surface area (Å²) in [5.74, 6) is 1.13. The second kappa shape index (κ2) is 9.94. The Kier molecular flexibility index (Phi) is 7.08. The highest BCUT2D eigenvalue weighted by molar-refractivity contribution is 7.99. The number of hydrogen-bond acceptors (Lipinski definition) is 9. The molecule has 0 bridgehead atoms. The van der Waals surface area contributed by atoms with Gasteiger partial charge in [0, 0.05) is 6.07 Å². The van der Waals surface area contributed by atoms with E-state index in [4.69, 9.17) is 13.9 Å². The number of carbonyl (C=O) groups is 1. The third kappa shape index (κ3) is 5.72. The van der Waals surface area contributed by atoms with Crippen molar-refractivity contribution in [3.05, 3.63) is 63.5 Å². The van der Waals surface area contributed by atoms with Gasteiger partial charge < -0.3 is 19.2 Å². The number of amides is 1. The van der Waals surface area contributed by atoms with Crippen LogP contribution in [0.3, 0.4) is 0 Å². The van der Waals surface area contributed by atoms with E-state index in [2.05, 4.69) is 15.5 Å². The lowest BCUT2D eigenvalue weighted by atomic mass is 10.1. The van der Waals surface area contributed by atoms with Crippen molar-refractivity contribution in [3.63, 3.8) is 0 Å². The molecule has 10 nitrogen and oxygen atoms in total. The summed E-state index contributed by atoms with van der Waals surface area (Å²) in [5.41, 5.74) is 1.60. The third-order valence-electron chi connectivity index (χ3n) is 4.20. The molecule has 1 amide bonds. The maximum Gasteiger partial charge on any atom is 0.293 e. The molecule has 1 heterocycles. The van der Waals surface area contributed by atoms with Gasteiger partial charge in [-0.1, -0.05) is 23.9 Å². The number of nitrogens with one attached hydrogen (secondary N) is 1. The Bertz CT molecular complexity index is 1100. The summed E-state index contributed by atoms with van der Waals surface area (Å²) in [5, 5.41) is 21.8. The first-order chi connectivity index (χ1) is 14.9. The van der Waals surface area contributed by atoms with Crippen molar-refractivity contribution in [1.82, 2.24) is 10.2 Å². The second-order valence-electron chi connectivity index (χ2n) is 6.44. The first-order valence-corrected chi connectivity index (χ1v) is 10.1. The molecule has 0 fully saturated rings. The molecule has 0 aliphatic carbocycles. The molecule has 3 rings (SSSR count). The number of aromatic nitrogens is 2. The number of hydrogen-bond donors (Lipinski definition) is 1. The molecule has 162 valence electrons. The van der Waals surface area contributed by atoms with Gasteiger partial charge >= 0.3 is 0 Å². The Hall–Kier alpha value is -3.60. The SMILES string of the molecule is COc1ccc(Cc2nnc(SCC(=O)Nc3ccc(C)cc3[N+](=O)[O-])o2)cc1OC. The molecule has 0 aliphatic rings. The van der Waals surface area contributed by atoms with Crippen molar-refractivity contribution in [1.29, 1.82) is 0 Å². The Morgan fingerprint density at radius 3 is 2.65 bits per heavy atom. The normalized spacial score (nSPS) is 10.5. The predicted molar refractivity (Wildman–Crippen MR) is 114 cm³/mol. The van der Waals surface area contributed by atoms with Crippen LogP contribution < -0.4 is 14.8 Å². The highest BCUT2D eigenvalue weighted by atomic mass is 32.2. The van der Waals surface area contributed by atoms with E-state index in [9.17, 15) is 14.9 Å². The molecule has 0 saturated heterocycles. The first-order valence-electron chi connectivity index (χ1n) is 9.10. The van der Waals surface area contributed by atoms with Crippen LogP contribution in [0.25, 0.3) is 0 Å². The van der Waals surface area contributed by atoms with Crippen LogP contribution in [0.1, 0.15) is 17.0 Å².